The van der Waals surface area contributed by atoms with E-state index in [0.717, 1.165) is 56.1 Å². The third-order valence-corrected chi connectivity index (χ3v) is 6.01. The van der Waals surface area contributed by atoms with E-state index in [1.165, 1.54) is 5.69 Å². The number of hydrogen-bond donors (Lipinski definition) is 1. The Hall–Kier alpha value is -3.67. The van der Waals surface area contributed by atoms with Gasteiger partial charge in [-0.2, -0.15) is 5.26 Å². The molecule has 2 aliphatic rings. The van der Waals surface area contributed by atoms with Crippen molar-refractivity contribution in [3.05, 3.63) is 60.3 Å². The molecule has 0 amide bonds. The molecule has 2 fully saturated rings. The van der Waals surface area contributed by atoms with E-state index in [9.17, 15) is 5.26 Å². The summed E-state index contributed by atoms with van der Waals surface area (Å²) >= 11 is 0. The second-order valence-electron chi connectivity index (χ2n) is 8.29. The van der Waals surface area contributed by atoms with Gasteiger partial charge in [-0.1, -0.05) is 0 Å². The first-order chi connectivity index (χ1) is 16.8. The van der Waals surface area contributed by atoms with E-state index in [1.54, 1.807) is 6.20 Å². The molecule has 0 saturated carbocycles. The molecule has 1 N–H and O–H groups in total. The van der Waals surface area contributed by atoms with Crippen LogP contribution in [0, 0.1) is 11.3 Å². The van der Waals surface area contributed by atoms with Crippen molar-refractivity contribution in [2.45, 2.75) is 18.9 Å². The number of nitrogens with zero attached hydrogens (tertiary/aromatic N) is 4. The molecule has 0 spiro atoms. The summed E-state index contributed by atoms with van der Waals surface area (Å²) in [6, 6.07) is 17.9. The molecule has 2 aliphatic heterocycles. The third kappa shape index (κ3) is 5.28. The second-order valence-corrected chi connectivity index (χ2v) is 8.29. The average Bonchev–Trinajstić information content (AvgIpc) is 2.91. The average molecular weight is 458 g/mol. The molecule has 0 atom stereocenters. The van der Waals surface area contributed by atoms with Gasteiger partial charge in [-0.3, -0.25) is 0 Å². The molecule has 0 radical (unpaired) electrons. The molecule has 3 heterocycles. The molecular formula is C26H27N5O3. The predicted molar refractivity (Wildman–Crippen MR) is 129 cm³/mol. The summed E-state index contributed by atoms with van der Waals surface area (Å²) < 4.78 is 16.9. The number of anilines is 3. The first-order valence-corrected chi connectivity index (χ1v) is 11.6. The van der Waals surface area contributed by atoms with Crippen LogP contribution in [-0.4, -0.2) is 55.6 Å². The standard InChI is InChI=1S/C26H27N5O3/c27-18-20-17-19(1-6-25(20)34-23-8-13-32-14-9-23)24-7-10-28-26(30-24)29-21-2-4-22(5-3-21)31-11-15-33-16-12-31/h1-7,10,17,23H,8-9,11-16H2,(H,28,29,30). The van der Waals surface area contributed by atoms with Crippen LogP contribution < -0.4 is 15.0 Å². The van der Waals surface area contributed by atoms with E-state index in [1.807, 2.05) is 36.4 Å². The van der Waals surface area contributed by atoms with Crippen molar-refractivity contribution in [2.24, 2.45) is 0 Å². The van der Waals surface area contributed by atoms with Crippen molar-refractivity contribution in [1.82, 2.24) is 9.97 Å². The van der Waals surface area contributed by atoms with E-state index in [0.29, 0.717) is 30.5 Å². The predicted octanol–water partition coefficient (Wildman–Crippen LogP) is 4.15. The Bertz CT molecular complexity index is 1150. The summed E-state index contributed by atoms with van der Waals surface area (Å²) in [5, 5.41) is 12.9. The summed E-state index contributed by atoms with van der Waals surface area (Å²) in [6.07, 6.45) is 3.46. The van der Waals surface area contributed by atoms with Crippen LogP contribution in [0.3, 0.4) is 0 Å². The Balaban J connectivity index is 1.29. The van der Waals surface area contributed by atoms with Gasteiger partial charge in [-0.25, -0.2) is 9.97 Å². The van der Waals surface area contributed by atoms with Gasteiger partial charge in [0, 0.05) is 49.1 Å². The van der Waals surface area contributed by atoms with Crippen molar-refractivity contribution in [2.75, 3.05) is 49.7 Å². The van der Waals surface area contributed by atoms with Gasteiger partial charge < -0.3 is 24.4 Å². The van der Waals surface area contributed by atoms with E-state index in [-0.39, 0.29) is 6.10 Å². The maximum Gasteiger partial charge on any atom is 0.227 e. The SMILES string of the molecule is N#Cc1cc(-c2ccnc(Nc3ccc(N4CCOCC4)cc3)n2)ccc1OC1CCOCC1. The Kier molecular flexibility index (Phi) is 6.84. The van der Waals surface area contributed by atoms with Gasteiger partial charge in [-0.05, 0) is 48.5 Å². The van der Waals surface area contributed by atoms with Crippen LogP contribution in [0.2, 0.25) is 0 Å². The lowest BCUT2D eigenvalue weighted by Crippen LogP contribution is -2.36. The quantitative estimate of drug-likeness (QED) is 0.590. The highest BCUT2D eigenvalue weighted by atomic mass is 16.5. The van der Waals surface area contributed by atoms with Crippen LogP contribution in [0.15, 0.2) is 54.7 Å². The minimum absolute atomic E-state index is 0.0798. The highest BCUT2D eigenvalue weighted by Gasteiger charge is 2.18. The maximum atomic E-state index is 9.68. The van der Waals surface area contributed by atoms with Gasteiger partial charge in [0.2, 0.25) is 5.95 Å². The van der Waals surface area contributed by atoms with E-state index >= 15 is 0 Å². The van der Waals surface area contributed by atoms with Gasteiger partial charge in [0.05, 0.1) is 37.7 Å². The lowest BCUT2D eigenvalue weighted by Gasteiger charge is -2.28. The zero-order valence-corrected chi connectivity index (χ0v) is 18.9. The van der Waals surface area contributed by atoms with Crippen LogP contribution in [0.5, 0.6) is 5.75 Å². The highest BCUT2D eigenvalue weighted by Crippen LogP contribution is 2.28. The molecular weight excluding hydrogens is 430 g/mol. The zero-order valence-electron chi connectivity index (χ0n) is 18.9. The van der Waals surface area contributed by atoms with Crippen LogP contribution in [0.4, 0.5) is 17.3 Å². The summed E-state index contributed by atoms with van der Waals surface area (Å²) in [5.41, 5.74) is 4.15. The summed E-state index contributed by atoms with van der Waals surface area (Å²) in [7, 11) is 0. The van der Waals surface area contributed by atoms with Crippen molar-refractivity contribution >= 4 is 17.3 Å². The van der Waals surface area contributed by atoms with E-state index in [4.69, 9.17) is 14.2 Å². The van der Waals surface area contributed by atoms with Gasteiger partial charge in [0.15, 0.2) is 0 Å². The Morgan fingerprint density at radius 3 is 2.50 bits per heavy atom. The van der Waals surface area contributed by atoms with Crippen molar-refractivity contribution in [3.8, 4) is 23.1 Å². The van der Waals surface area contributed by atoms with Gasteiger partial charge >= 0.3 is 0 Å². The summed E-state index contributed by atoms with van der Waals surface area (Å²) in [4.78, 5) is 11.3. The van der Waals surface area contributed by atoms with E-state index in [2.05, 4.69) is 38.4 Å². The normalized spacial score (nSPS) is 16.6. The molecule has 1 aromatic heterocycles. The van der Waals surface area contributed by atoms with Crippen molar-refractivity contribution in [3.63, 3.8) is 0 Å². The third-order valence-electron chi connectivity index (χ3n) is 6.01. The number of nitrogens with one attached hydrogen (secondary N) is 1. The number of hydrogen-bond acceptors (Lipinski definition) is 8. The summed E-state index contributed by atoms with van der Waals surface area (Å²) in [6.45, 7) is 4.71. The van der Waals surface area contributed by atoms with Crippen LogP contribution >= 0.6 is 0 Å². The minimum Gasteiger partial charge on any atom is -0.489 e. The number of nitriles is 1. The molecule has 34 heavy (non-hydrogen) atoms. The molecule has 2 saturated heterocycles. The number of rotatable bonds is 6. The van der Waals surface area contributed by atoms with Crippen LogP contribution in [0.1, 0.15) is 18.4 Å². The van der Waals surface area contributed by atoms with E-state index < -0.39 is 0 Å². The lowest BCUT2D eigenvalue weighted by atomic mass is 10.1. The second kappa shape index (κ2) is 10.5. The van der Waals surface area contributed by atoms with Crippen molar-refractivity contribution in [1.29, 1.82) is 5.26 Å². The fraction of sp³-hybridized carbons (Fsp3) is 0.346. The first-order valence-electron chi connectivity index (χ1n) is 11.6. The van der Waals surface area contributed by atoms with Crippen molar-refractivity contribution < 1.29 is 14.2 Å². The monoisotopic (exact) mass is 457 g/mol. The molecule has 3 aromatic rings. The molecule has 0 unspecified atom stereocenters. The Morgan fingerprint density at radius 2 is 1.74 bits per heavy atom. The molecule has 8 heteroatoms. The van der Waals surface area contributed by atoms with Gasteiger partial charge in [0.1, 0.15) is 17.9 Å². The number of aromatic nitrogens is 2. The summed E-state index contributed by atoms with van der Waals surface area (Å²) in [5.74, 6) is 1.10. The van der Waals surface area contributed by atoms with Crippen LogP contribution in [-0.2, 0) is 9.47 Å². The number of morpholine rings is 1. The molecule has 0 aliphatic carbocycles. The zero-order chi connectivity index (χ0) is 23.2. The minimum atomic E-state index is 0.0798. The maximum absolute atomic E-state index is 9.68. The van der Waals surface area contributed by atoms with Gasteiger partial charge in [0.25, 0.3) is 0 Å². The highest BCUT2D eigenvalue weighted by molar-refractivity contribution is 5.66. The van der Waals surface area contributed by atoms with Gasteiger partial charge in [-0.15, -0.1) is 0 Å². The smallest absolute Gasteiger partial charge is 0.227 e. The fourth-order valence-corrected chi connectivity index (χ4v) is 4.14. The largest absolute Gasteiger partial charge is 0.489 e. The molecule has 5 rings (SSSR count). The molecule has 174 valence electrons. The molecule has 2 aromatic carbocycles. The first kappa shape index (κ1) is 22.1. The fourth-order valence-electron chi connectivity index (χ4n) is 4.14. The number of benzene rings is 2. The Morgan fingerprint density at radius 1 is 0.971 bits per heavy atom. The molecule has 8 nitrogen and oxygen atoms in total. The number of ether oxygens (including phenoxy) is 3. The lowest BCUT2D eigenvalue weighted by molar-refractivity contribution is 0.0254. The van der Waals surface area contributed by atoms with Crippen LogP contribution in [0.25, 0.3) is 11.3 Å². The topological polar surface area (TPSA) is 92.5 Å². The molecule has 0 bridgehead atoms. The Labute approximate surface area is 199 Å².